The number of carboxylic acid groups (broad SMARTS) is 2. The Labute approximate surface area is 512 Å². The summed E-state index contributed by atoms with van der Waals surface area (Å²) < 4.78 is 22.6. The number of hydrogen-bond donors (Lipinski definition) is 5. The molecule has 0 amide bonds. The molecule has 26 heteroatoms. The summed E-state index contributed by atoms with van der Waals surface area (Å²) in [7, 11) is -0.460. The van der Waals surface area contributed by atoms with E-state index in [-0.39, 0.29) is 33.8 Å². The van der Waals surface area contributed by atoms with Crippen LogP contribution in [0.2, 0.25) is 20.1 Å². The van der Waals surface area contributed by atoms with Gasteiger partial charge < -0.3 is 41.5 Å². The maximum atomic E-state index is 12.5. The highest BCUT2D eigenvalue weighted by Crippen LogP contribution is 2.38. The van der Waals surface area contributed by atoms with Crippen LogP contribution in [0.25, 0.3) is 39.1 Å². The molecule has 8 N–H and O–H groups in total. The second kappa shape index (κ2) is 25.4. The lowest BCUT2D eigenvalue weighted by Gasteiger charge is -2.32. The number of esters is 1. The van der Waals surface area contributed by atoms with E-state index in [0.29, 0.717) is 127 Å². The van der Waals surface area contributed by atoms with Crippen LogP contribution < -0.4 is 39.3 Å². The number of aromatic nitrogens is 7. The van der Waals surface area contributed by atoms with Crippen molar-refractivity contribution in [3.8, 4) is 39.1 Å². The summed E-state index contributed by atoms with van der Waals surface area (Å²) in [4.78, 5) is 71.8. The fourth-order valence-electron chi connectivity index (χ4n) is 10.7. The first kappa shape index (κ1) is 62.3. The number of carbonyl (C=O) groups excluding carboxylic acids is 1. The molecule has 0 bridgehead atoms. The molecular formula is C60H59BCl4N10O11. The minimum Gasteiger partial charge on any atom is -0.480 e. The molecule has 4 aromatic heterocycles. The van der Waals surface area contributed by atoms with E-state index in [1.807, 2.05) is 45.9 Å². The topological polar surface area (TPSA) is 307 Å². The summed E-state index contributed by atoms with van der Waals surface area (Å²) in [6, 6.07) is 28.5. The number of fused-ring (bicyclic) bond motifs is 3. The number of benzene rings is 4. The monoisotopic (exact) mass is 1250 g/mol. The summed E-state index contributed by atoms with van der Waals surface area (Å²) in [6.45, 7) is 10.1. The molecule has 8 heterocycles. The van der Waals surface area contributed by atoms with Crippen molar-refractivity contribution in [3.05, 3.63) is 184 Å². The predicted octanol–water partition coefficient (Wildman–Crippen LogP) is 9.06. The van der Waals surface area contributed by atoms with E-state index in [2.05, 4.69) is 15.5 Å². The van der Waals surface area contributed by atoms with E-state index < -0.39 is 37.2 Å². The van der Waals surface area contributed by atoms with Crippen LogP contribution in [0.1, 0.15) is 89.1 Å². The zero-order chi connectivity index (χ0) is 62.1. The molecule has 0 aliphatic carbocycles. The molecule has 3 unspecified atom stereocenters. The van der Waals surface area contributed by atoms with Crippen LogP contribution >= 0.6 is 46.4 Å². The third-order valence-corrected chi connectivity index (χ3v) is 16.5. The second-order valence-corrected chi connectivity index (χ2v) is 23.4. The molecule has 21 nitrogen and oxygen atoms in total. The first-order chi connectivity index (χ1) is 40.7. The van der Waals surface area contributed by atoms with Crippen molar-refractivity contribution < 1.29 is 38.6 Å². The van der Waals surface area contributed by atoms with E-state index >= 15 is 0 Å². The lowest BCUT2D eigenvalue weighted by atomic mass is 9.78. The van der Waals surface area contributed by atoms with E-state index in [0.717, 1.165) is 16.7 Å². The van der Waals surface area contributed by atoms with Gasteiger partial charge in [0.25, 0.3) is 16.7 Å². The van der Waals surface area contributed by atoms with Gasteiger partial charge in [-0.05, 0) is 191 Å². The number of aryl methyl sites for hydroxylation is 3. The van der Waals surface area contributed by atoms with Gasteiger partial charge in [-0.25, -0.2) is 14.4 Å². The minimum atomic E-state index is -0.995. The number of aliphatic carboxylic acids is 2. The van der Waals surface area contributed by atoms with Crippen LogP contribution in [0.4, 0.5) is 17.1 Å². The number of carboxylic acids is 2. The van der Waals surface area contributed by atoms with Gasteiger partial charge in [-0.15, -0.1) is 5.10 Å². The van der Waals surface area contributed by atoms with Crippen LogP contribution in [0.3, 0.4) is 0 Å². The van der Waals surface area contributed by atoms with Gasteiger partial charge in [0.05, 0.1) is 23.5 Å². The van der Waals surface area contributed by atoms with Crippen molar-refractivity contribution >= 4 is 94.0 Å². The van der Waals surface area contributed by atoms with Gasteiger partial charge in [-0.2, -0.15) is 4.68 Å². The van der Waals surface area contributed by atoms with E-state index in [4.69, 9.17) is 82.8 Å². The van der Waals surface area contributed by atoms with Gasteiger partial charge in [0.2, 0.25) is 0 Å². The largest absolute Gasteiger partial charge is 0.497 e. The molecule has 0 radical (unpaired) electrons. The van der Waals surface area contributed by atoms with Crippen LogP contribution in [0.5, 0.6) is 0 Å². The number of anilines is 3. The normalized spacial score (nSPS) is 17.4. The first-order valence-corrected chi connectivity index (χ1v) is 28.7. The van der Waals surface area contributed by atoms with Gasteiger partial charge in [-0.1, -0.05) is 46.4 Å². The third-order valence-electron chi connectivity index (χ3n) is 15.6. The highest BCUT2D eigenvalue weighted by molar-refractivity contribution is 6.64. The number of ether oxygens (including phenoxy) is 1. The van der Waals surface area contributed by atoms with E-state index in [9.17, 15) is 33.9 Å². The lowest BCUT2D eigenvalue weighted by Crippen LogP contribution is -2.41. The SMILES string of the molecule is CC1(C)OB(c2cc(Cl)ccc2N)OC1(C)C.CCOC(=O)C1CCc2cc(-c3cc(Cl)ccc3N)cc(=O)n21.Nc1ccc(Cl)cc1-c1cc2n(c(=O)c1)C(C(=O)O)CC2.O=C(O)C1CCc2cc(-c3cc(Cl)ccc3-n3cnnn3)cc(=O)n21. The maximum absolute atomic E-state index is 12.5. The van der Waals surface area contributed by atoms with Crippen LogP contribution in [0, 0.1) is 0 Å². The van der Waals surface area contributed by atoms with Crippen molar-refractivity contribution in [3.63, 3.8) is 0 Å². The molecule has 0 saturated carbocycles. The molecular weight excluding hydrogens is 1190 g/mol. The van der Waals surface area contributed by atoms with Gasteiger partial charge in [0.1, 0.15) is 24.5 Å². The number of tetrazole rings is 1. The van der Waals surface area contributed by atoms with Gasteiger partial charge in [-0.3, -0.25) is 28.1 Å². The smallest absolute Gasteiger partial charge is 0.480 e. The van der Waals surface area contributed by atoms with Gasteiger partial charge in [0, 0.05) is 94.6 Å². The summed E-state index contributed by atoms with van der Waals surface area (Å²) >= 11 is 24.1. The standard InChI is InChI=1S/C17H17ClN2O3.C16H12ClN5O3.C15H13ClN2O3.C12H17BClNO2/c1-2-23-17(22)15-6-4-12-7-10(8-16(21)20(12)15)13-9-11(18)3-5-14(13)19;17-10-1-3-13(21-8-18-19-20-21)12(7-10)9-5-11-2-4-14(16(24)25)22(11)15(23)6-9;16-9-1-3-12(17)11(7-9)8-5-10-2-4-13(15(20)21)18(10)14(19)6-8;1-11(2)12(3,4)17-13(16-11)9-7-8(14)5-6-10(9)15/h3,5,7-9,15H,2,4,6,19H2,1H3;1,3,5-8,14H,2,4H2,(H,24,25);1,3,5-7,13H,2,4,17H2,(H,20,21);5-7H,15H2,1-4H3. The molecule has 1 saturated heterocycles. The van der Waals surface area contributed by atoms with Crippen LogP contribution in [0.15, 0.2) is 130 Å². The number of nitrogens with zero attached hydrogens (tertiary/aromatic N) is 7. The molecule has 4 aromatic carbocycles. The summed E-state index contributed by atoms with van der Waals surface area (Å²) in [5, 5.41) is 31.8. The molecule has 3 atom stereocenters. The summed E-state index contributed by atoms with van der Waals surface area (Å²) in [5.41, 5.74) is 25.7. The molecule has 0 spiro atoms. The van der Waals surface area contributed by atoms with Crippen molar-refractivity contribution in [1.82, 2.24) is 33.9 Å². The quantitative estimate of drug-likeness (QED) is 0.0511. The highest BCUT2D eigenvalue weighted by atomic mass is 35.5. The number of rotatable bonds is 9. The molecule has 1 fully saturated rings. The minimum absolute atomic E-state index is 0.229. The zero-order valence-corrected chi connectivity index (χ0v) is 50.2. The molecule has 86 heavy (non-hydrogen) atoms. The van der Waals surface area contributed by atoms with E-state index in [1.54, 1.807) is 79.7 Å². The number of halogens is 4. The Morgan fingerprint density at radius 2 is 0.977 bits per heavy atom. The second-order valence-electron chi connectivity index (χ2n) is 21.7. The average Bonchev–Trinajstić information content (AvgIpc) is 2.43. The molecule has 4 aliphatic heterocycles. The first-order valence-electron chi connectivity index (χ1n) is 27.2. The highest BCUT2D eigenvalue weighted by Gasteiger charge is 2.52. The number of nitrogen functional groups attached to an aromatic ring is 3. The number of carbonyl (C=O) groups is 3. The number of hydrogen-bond acceptors (Lipinski definition) is 15. The fraction of sp³-hybridized carbons (Fsp3) is 0.283. The van der Waals surface area contributed by atoms with Crippen molar-refractivity contribution in [1.29, 1.82) is 0 Å². The van der Waals surface area contributed by atoms with Crippen molar-refractivity contribution in [2.24, 2.45) is 0 Å². The fourth-order valence-corrected chi connectivity index (χ4v) is 11.4. The third kappa shape index (κ3) is 13.1. The Bertz CT molecular complexity index is 4120. The predicted molar refractivity (Wildman–Crippen MR) is 331 cm³/mol. The summed E-state index contributed by atoms with van der Waals surface area (Å²) in [6.07, 6.45) is 4.59. The van der Waals surface area contributed by atoms with Gasteiger partial charge in [0.15, 0.2) is 0 Å². The van der Waals surface area contributed by atoms with Crippen molar-refractivity contribution in [2.45, 2.75) is 102 Å². The molecule has 8 aromatic rings. The average molecular weight is 1250 g/mol. The Morgan fingerprint density at radius 1 is 0.581 bits per heavy atom. The number of nitrogens with two attached hydrogens (primary N) is 3. The molecule has 12 rings (SSSR count). The molecule has 446 valence electrons. The maximum Gasteiger partial charge on any atom is 0.497 e. The Morgan fingerprint density at radius 3 is 1.41 bits per heavy atom. The molecule has 4 aliphatic rings. The van der Waals surface area contributed by atoms with Gasteiger partial charge >= 0.3 is 25.0 Å². The van der Waals surface area contributed by atoms with E-state index in [1.165, 1.54) is 42.9 Å². The lowest BCUT2D eigenvalue weighted by molar-refractivity contribution is -0.147. The Hall–Kier alpha value is -8.25. The van der Waals surface area contributed by atoms with Crippen molar-refractivity contribution in [2.75, 3.05) is 23.8 Å². The zero-order valence-electron chi connectivity index (χ0n) is 47.2. The Kier molecular flexibility index (Phi) is 18.4. The number of pyridine rings is 3. The summed E-state index contributed by atoms with van der Waals surface area (Å²) in [5.74, 6) is -2.33. The Balaban J connectivity index is 0.000000138. The van der Waals surface area contributed by atoms with Crippen LogP contribution in [-0.4, -0.2) is 87.0 Å². The van der Waals surface area contributed by atoms with Crippen LogP contribution in [-0.2, 0) is 47.7 Å².